The molecule has 8 heteroatoms. The molecule has 0 radical (unpaired) electrons. The van der Waals surface area contributed by atoms with Crippen molar-refractivity contribution >= 4 is 5.91 Å². The molecule has 4 aromatic rings. The smallest absolute Gasteiger partial charge is 0.254 e. The Labute approximate surface area is 236 Å². The van der Waals surface area contributed by atoms with Crippen LogP contribution in [-0.2, 0) is 26.2 Å². The third-order valence-corrected chi connectivity index (χ3v) is 8.65. The fraction of sp³-hybridized carbons (Fsp3) is 0.406. The van der Waals surface area contributed by atoms with Crippen LogP contribution in [0, 0.1) is 12.3 Å². The zero-order valence-electron chi connectivity index (χ0n) is 23.4. The van der Waals surface area contributed by atoms with Crippen molar-refractivity contribution in [1.29, 1.82) is 0 Å². The van der Waals surface area contributed by atoms with E-state index in [-0.39, 0.29) is 5.91 Å². The third-order valence-electron chi connectivity index (χ3n) is 8.65. The fourth-order valence-electron chi connectivity index (χ4n) is 6.23. The Morgan fingerprint density at radius 3 is 1.88 bits per heavy atom. The summed E-state index contributed by atoms with van der Waals surface area (Å²) < 4.78 is 0. The second kappa shape index (κ2) is 11.8. The second-order valence-corrected chi connectivity index (χ2v) is 11.7. The number of benzene rings is 2. The van der Waals surface area contributed by atoms with Crippen LogP contribution in [0.1, 0.15) is 58.0 Å². The number of aromatic amines is 2. The predicted octanol–water partition coefficient (Wildman–Crippen LogP) is 4.77. The highest BCUT2D eigenvalue weighted by Crippen LogP contribution is 2.41. The third kappa shape index (κ3) is 6.35. The van der Waals surface area contributed by atoms with Crippen molar-refractivity contribution in [3.8, 4) is 0 Å². The Hall–Kier alpha value is -3.75. The Morgan fingerprint density at radius 1 is 0.800 bits per heavy atom. The summed E-state index contributed by atoms with van der Waals surface area (Å²) in [7, 11) is 0. The maximum atomic E-state index is 13.4. The molecule has 0 unspecified atom stereocenters. The molecule has 2 N–H and O–H groups in total. The molecular formula is C32H39N7O. The normalized spacial score (nSPS) is 17.4. The molecule has 2 aromatic carbocycles. The number of H-pyrrole nitrogens is 2. The monoisotopic (exact) mass is 537 g/mol. The number of nitrogens with zero attached hydrogens (tertiary/aromatic N) is 5. The maximum absolute atomic E-state index is 13.4. The largest absolute Gasteiger partial charge is 0.347 e. The first kappa shape index (κ1) is 26.5. The number of hydrogen-bond acceptors (Lipinski definition) is 5. The van der Waals surface area contributed by atoms with Crippen LogP contribution < -0.4 is 0 Å². The van der Waals surface area contributed by atoms with E-state index in [1.165, 1.54) is 55.6 Å². The van der Waals surface area contributed by atoms with E-state index in [0.717, 1.165) is 31.3 Å². The Kier molecular flexibility index (Phi) is 7.80. The summed E-state index contributed by atoms with van der Waals surface area (Å²) >= 11 is 0. The fourth-order valence-corrected chi connectivity index (χ4v) is 6.23. The van der Waals surface area contributed by atoms with Crippen molar-refractivity contribution in [2.45, 2.75) is 52.4 Å². The molecule has 4 heterocycles. The van der Waals surface area contributed by atoms with Crippen LogP contribution in [0.15, 0.2) is 73.3 Å². The summed E-state index contributed by atoms with van der Waals surface area (Å²) in [6.45, 7) is 9.63. The number of carbonyl (C=O) groups excluding carboxylic acids is 1. The van der Waals surface area contributed by atoms with E-state index in [4.69, 9.17) is 0 Å². The van der Waals surface area contributed by atoms with Gasteiger partial charge in [0.2, 0.25) is 0 Å². The highest BCUT2D eigenvalue weighted by atomic mass is 16.2. The summed E-state index contributed by atoms with van der Waals surface area (Å²) in [6, 6.07) is 17.1. The van der Waals surface area contributed by atoms with Gasteiger partial charge in [-0.3, -0.25) is 14.6 Å². The predicted molar refractivity (Wildman–Crippen MR) is 155 cm³/mol. The molecule has 0 atom stereocenters. The topological polar surface area (TPSA) is 84.2 Å². The molecule has 0 aliphatic carbocycles. The van der Waals surface area contributed by atoms with Crippen molar-refractivity contribution in [3.63, 3.8) is 0 Å². The number of amides is 1. The van der Waals surface area contributed by atoms with Gasteiger partial charge in [0.05, 0.1) is 13.1 Å². The van der Waals surface area contributed by atoms with Gasteiger partial charge in [0.15, 0.2) is 0 Å². The molecule has 2 aromatic heterocycles. The van der Waals surface area contributed by atoms with Crippen LogP contribution in [0.25, 0.3) is 0 Å². The van der Waals surface area contributed by atoms with E-state index in [9.17, 15) is 4.79 Å². The Morgan fingerprint density at radius 2 is 1.32 bits per heavy atom. The van der Waals surface area contributed by atoms with E-state index in [2.05, 4.69) is 73.1 Å². The van der Waals surface area contributed by atoms with Crippen molar-refractivity contribution in [3.05, 3.63) is 107 Å². The van der Waals surface area contributed by atoms with Gasteiger partial charge < -0.3 is 14.9 Å². The van der Waals surface area contributed by atoms with Gasteiger partial charge in [0, 0.05) is 50.0 Å². The molecule has 208 valence electrons. The highest BCUT2D eigenvalue weighted by molar-refractivity contribution is 5.94. The van der Waals surface area contributed by atoms with Crippen molar-refractivity contribution < 1.29 is 4.79 Å². The molecule has 0 bridgehead atoms. The SMILES string of the molecule is Cc1ccc(CN2CCC3(CC2)CCN(Cc2ccc(C(=O)N(Cc4ncc[nH]4)Cc4ncc[nH]4)cc2)C3)cc1. The lowest BCUT2D eigenvalue weighted by Gasteiger charge is -2.39. The van der Waals surface area contributed by atoms with Crippen LogP contribution in [-0.4, -0.2) is 66.7 Å². The molecule has 6 rings (SSSR count). The van der Waals surface area contributed by atoms with Gasteiger partial charge in [-0.1, -0.05) is 42.0 Å². The standard InChI is InChI=1S/C32H39N7O/c1-25-2-4-26(5-3-25)20-37-17-10-32(11-18-37)12-19-38(24-32)21-27-6-8-28(9-7-27)31(40)39(22-29-33-13-14-34-29)23-30-35-15-16-36-30/h2-9,13-16H,10-12,17-24H2,1H3,(H,33,34)(H,35,36). The van der Waals surface area contributed by atoms with Gasteiger partial charge in [-0.25, -0.2) is 9.97 Å². The van der Waals surface area contributed by atoms with Gasteiger partial charge in [-0.05, 0) is 74.5 Å². The van der Waals surface area contributed by atoms with Gasteiger partial charge in [-0.15, -0.1) is 0 Å². The number of aryl methyl sites for hydroxylation is 1. The molecule has 40 heavy (non-hydrogen) atoms. The van der Waals surface area contributed by atoms with Crippen LogP contribution in [0.2, 0.25) is 0 Å². The number of imidazole rings is 2. The number of rotatable bonds is 9. The van der Waals surface area contributed by atoms with E-state index in [1.807, 2.05) is 12.1 Å². The van der Waals surface area contributed by atoms with E-state index in [1.54, 1.807) is 29.7 Å². The van der Waals surface area contributed by atoms with Crippen LogP contribution in [0.5, 0.6) is 0 Å². The summed E-state index contributed by atoms with van der Waals surface area (Å²) in [4.78, 5) is 35.2. The van der Waals surface area contributed by atoms with Crippen LogP contribution in [0.4, 0.5) is 0 Å². The minimum Gasteiger partial charge on any atom is -0.347 e. The highest BCUT2D eigenvalue weighted by Gasteiger charge is 2.40. The van der Waals surface area contributed by atoms with Crippen molar-refractivity contribution in [2.75, 3.05) is 26.2 Å². The molecule has 8 nitrogen and oxygen atoms in total. The number of nitrogens with one attached hydrogen (secondary N) is 2. The lowest BCUT2D eigenvalue weighted by molar-refractivity contribution is 0.0721. The van der Waals surface area contributed by atoms with Gasteiger partial charge in [-0.2, -0.15) is 0 Å². The zero-order valence-corrected chi connectivity index (χ0v) is 23.4. The quantitative estimate of drug-likeness (QED) is 0.321. The number of likely N-dealkylation sites (tertiary alicyclic amines) is 2. The summed E-state index contributed by atoms with van der Waals surface area (Å²) in [5.41, 5.74) is 5.14. The first-order valence-corrected chi connectivity index (χ1v) is 14.4. The van der Waals surface area contributed by atoms with Crippen molar-refractivity contribution in [1.82, 2.24) is 34.6 Å². The number of carbonyl (C=O) groups is 1. The minimum absolute atomic E-state index is 0.0307. The lowest BCUT2D eigenvalue weighted by atomic mass is 9.77. The van der Waals surface area contributed by atoms with Gasteiger partial charge in [0.25, 0.3) is 5.91 Å². The van der Waals surface area contributed by atoms with Gasteiger partial charge >= 0.3 is 0 Å². The van der Waals surface area contributed by atoms with Gasteiger partial charge in [0.1, 0.15) is 11.6 Å². The molecule has 0 saturated carbocycles. The molecule has 2 aliphatic heterocycles. The number of aromatic nitrogens is 4. The van der Waals surface area contributed by atoms with E-state index in [0.29, 0.717) is 24.1 Å². The number of piperidine rings is 1. The summed E-state index contributed by atoms with van der Waals surface area (Å²) in [5, 5.41) is 0. The van der Waals surface area contributed by atoms with Crippen LogP contribution in [0.3, 0.4) is 0 Å². The molecule has 2 saturated heterocycles. The molecular weight excluding hydrogens is 498 g/mol. The number of hydrogen-bond donors (Lipinski definition) is 2. The molecule has 2 fully saturated rings. The summed E-state index contributed by atoms with van der Waals surface area (Å²) in [6.07, 6.45) is 10.8. The zero-order chi connectivity index (χ0) is 27.4. The van der Waals surface area contributed by atoms with Crippen LogP contribution >= 0.6 is 0 Å². The second-order valence-electron chi connectivity index (χ2n) is 11.7. The maximum Gasteiger partial charge on any atom is 0.254 e. The van der Waals surface area contributed by atoms with E-state index < -0.39 is 0 Å². The molecule has 1 spiro atoms. The first-order valence-electron chi connectivity index (χ1n) is 14.4. The molecule has 2 aliphatic rings. The average Bonchev–Trinajstić information content (AvgIpc) is 3.75. The molecule has 1 amide bonds. The van der Waals surface area contributed by atoms with E-state index >= 15 is 0 Å². The first-order chi connectivity index (χ1) is 19.5. The summed E-state index contributed by atoms with van der Waals surface area (Å²) in [5.74, 6) is 1.47. The Balaban J connectivity index is 1.02. The average molecular weight is 538 g/mol. The lowest BCUT2D eigenvalue weighted by Crippen LogP contribution is -2.41. The minimum atomic E-state index is -0.0307. The van der Waals surface area contributed by atoms with Crippen molar-refractivity contribution in [2.24, 2.45) is 5.41 Å². The Bertz CT molecular complexity index is 1320.